The van der Waals surface area contributed by atoms with E-state index in [-0.39, 0.29) is 21.7 Å². The van der Waals surface area contributed by atoms with Gasteiger partial charge in [-0.3, -0.25) is 4.79 Å². The number of hydrogen-bond donors (Lipinski definition) is 0. The summed E-state index contributed by atoms with van der Waals surface area (Å²) in [7, 11) is -6.98. The summed E-state index contributed by atoms with van der Waals surface area (Å²) in [5.74, 6) is -0.465. The molecule has 0 spiro atoms. The molecule has 36 heavy (non-hydrogen) atoms. The van der Waals surface area contributed by atoms with Gasteiger partial charge in [-0.25, -0.2) is 4.39 Å². The lowest BCUT2D eigenvalue weighted by atomic mass is 9.99. The Morgan fingerprint density at radius 1 is 0.722 bits per heavy atom. The number of hydrogen-bond acceptors (Lipinski definition) is 6. The second kappa shape index (κ2) is 11.2. The van der Waals surface area contributed by atoms with E-state index >= 15 is 4.39 Å². The summed E-state index contributed by atoms with van der Waals surface area (Å²) >= 11 is 0. The highest BCUT2D eigenvalue weighted by Crippen LogP contribution is 2.44. The smallest absolute Gasteiger partial charge is 0.303 e. The Kier molecular flexibility index (Phi) is 10.5. The van der Waals surface area contributed by atoms with Crippen LogP contribution >= 0.6 is 0 Å². The molecular weight excluding hydrogens is 512 g/mol. The Labute approximate surface area is 223 Å². The van der Waals surface area contributed by atoms with Gasteiger partial charge in [-0.05, 0) is 54.4 Å². The molecule has 0 amide bonds. The first-order chi connectivity index (χ1) is 15.7. The predicted molar refractivity (Wildman–Crippen MR) is 153 cm³/mol. The highest BCUT2D eigenvalue weighted by atomic mass is 28.4. The number of rotatable bonds is 8. The maximum Gasteiger partial charge on any atom is 0.303 e. The summed E-state index contributed by atoms with van der Waals surface area (Å²) in [5, 5.41) is -0.307. The van der Waals surface area contributed by atoms with E-state index in [1.54, 1.807) is 0 Å². The molecule has 10 heteroatoms. The van der Waals surface area contributed by atoms with Gasteiger partial charge in [0.05, 0.1) is 6.61 Å². The van der Waals surface area contributed by atoms with E-state index < -0.39 is 61.7 Å². The highest BCUT2D eigenvalue weighted by Gasteiger charge is 2.56. The Balaban J connectivity index is 3.52. The molecule has 1 fully saturated rings. The SMILES string of the molecule is CC(=O)O[C@H]1[C@H](O[Si](C)(C)C(C)(C)C)[C@@H](O[Si](C)(C)C(C)(C)C)[C@H](F)O[C@@H]1CO[Si](C)(C)C(C)(C)C. The van der Waals surface area contributed by atoms with Crippen molar-refractivity contribution >= 4 is 30.9 Å². The fourth-order valence-electron chi connectivity index (χ4n) is 3.13. The quantitative estimate of drug-likeness (QED) is 0.225. The van der Waals surface area contributed by atoms with Gasteiger partial charge >= 0.3 is 5.97 Å². The van der Waals surface area contributed by atoms with Gasteiger partial charge in [-0.15, -0.1) is 0 Å². The van der Waals surface area contributed by atoms with Crippen LogP contribution in [0, 0.1) is 0 Å². The monoisotopic (exact) mass is 566 g/mol. The Hall–Kier alpha value is -0.109. The van der Waals surface area contributed by atoms with Crippen LogP contribution in [0.15, 0.2) is 0 Å². The van der Waals surface area contributed by atoms with E-state index in [1.807, 2.05) is 0 Å². The largest absolute Gasteiger partial charge is 0.457 e. The van der Waals surface area contributed by atoms with E-state index in [9.17, 15) is 4.79 Å². The van der Waals surface area contributed by atoms with Crippen LogP contribution in [0.5, 0.6) is 0 Å². The zero-order valence-corrected chi connectivity index (χ0v) is 28.9. The van der Waals surface area contributed by atoms with Crippen molar-refractivity contribution in [1.82, 2.24) is 0 Å². The summed E-state index contributed by atoms with van der Waals surface area (Å²) in [5.41, 5.74) is 0. The average molecular weight is 567 g/mol. The van der Waals surface area contributed by atoms with Crippen LogP contribution in [-0.4, -0.2) is 68.3 Å². The molecule has 214 valence electrons. The van der Waals surface area contributed by atoms with Crippen LogP contribution in [0.3, 0.4) is 0 Å². The van der Waals surface area contributed by atoms with Gasteiger partial charge in [0, 0.05) is 6.92 Å². The Morgan fingerprint density at radius 3 is 1.47 bits per heavy atom. The molecule has 0 radical (unpaired) electrons. The predicted octanol–water partition coefficient (Wildman–Crippen LogP) is 7.42. The van der Waals surface area contributed by atoms with Gasteiger partial charge in [0.1, 0.15) is 18.3 Å². The van der Waals surface area contributed by atoms with Gasteiger partial charge < -0.3 is 22.8 Å². The maximum atomic E-state index is 15.9. The van der Waals surface area contributed by atoms with Crippen molar-refractivity contribution in [3.05, 3.63) is 0 Å². The summed E-state index contributed by atoms with van der Waals surface area (Å²) in [6, 6.07) is 0. The molecule has 0 saturated carbocycles. The lowest BCUT2D eigenvalue weighted by molar-refractivity contribution is -0.260. The Bertz CT molecular complexity index is 752. The minimum absolute atomic E-state index is 0.0290. The van der Waals surface area contributed by atoms with Crippen molar-refractivity contribution in [1.29, 1.82) is 0 Å². The molecule has 0 bridgehead atoms. The van der Waals surface area contributed by atoms with E-state index in [0.29, 0.717) is 0 Å². The second-order valence-corrected chi connectivity index (χ2v) is 29.2. The van der Waals surface area contributed by atoms with Gasteiger partial charge in [-0.1, -0.05) is 62.3 Å². The van der Waals surface area contributed by atoms with Crippen LogP contribution in [0.25, 0.3) is 0 Å². The number of esters is 1. The second-order valence-electron chi connectivity index (χ2n) is 14.9. The molecule has 0 aromatic heterocycles. The zero-order chi connectivity index (χ0) is 28.7. The fraction of sp³-hybridized carbons (Fsp3) is 0.962. The van der Waals surface area contributed by atoms with E-state index in [4.69, 9.17) is 22.8 Å². The molecule has 6 nitrogen and oxygen atoms in total. The normalized spacial score (nSPS) is 27.2. The highest BCUT2D eigenvalue weighted by molar-refractivity contribution is 6.75. The Morgan fingerprint density at radius 2 is 1.11 bits per heavy atom. The van der Waals surface area contributed by atoms with Crippen LogP contribution in [-0.2, 0) is 27.5 Å². The van der Waals surface area contributed by atoms with Gasteiger partial charge in [0.15, 0.2) is 31.1 Å². The van der Waals surface area contributed by atoms with E-state index in [1.165, 1.54) is 6.92 Å². The number of carbonyl (C=O) groups is 1. The van der Waals surface area contributed by atoms with Gasteiger partial charge in [0.2, 0.25) is 6.36 Å². The van der Waals surface area contributed by atoms with E-state index in [0.717, 1.165) is 0 Å². The minimum Gasteiger partial charge on any atom is -0.457 e. The summed E-state index contributed by atoms with van der Waals surface area (Å²) in [6.07, 6.45) is -5.18. The van der Waals surface area contributed by atoms with Crippen molar-refractivity contribution in [2.75, 3.05) is 6.61 Å². The molecule has 1 heterocycles. The third-order valence-corrected chi connectivity index (χ3v) is 22.2. The maximum absolute atomic E-state index is 15.9. The number of halogens is 1. The first-order valence-corrected chi connectivity index (χ1v) is 21.9. The molecule has 1 aliphatic heterocycles. The zero-order valence-electron chi connectivity index (χ0n) is 25.9. The van der Waals surface area contributed by atoms with Gasteiger partial charge in [0.25, 0.3) is 0 Å². The molecule has 5 atom stereocenters. The van der Waals surface area contributed by atoms with E-state index in [2.05, 4.69) is 102 Å². The lowest BCUT2D eigenvalue weighted by Gasteiger charge is -2.51. The number of carbonyl (C=O) groups excluding carboxylic acids is 1. The molecule has 0 aliphatic carbocycles. The van der Waals surface area contributed by atoms with Crippen molar-refractivity contribution in [2.24, 2.45) is 0 Å². The van der Waals surface area contributed by atoms with Crippen LogP contribution < -0.4 is 0 Å². The lowest BCUT2D eigenvalue weighted by Crippen LogP contribution is -2.66. The van der Waals surface area contributed by atoms with Crippen LogP contribution in [0.1, 0.15) is 69.2 Å². The third-order valence-electron chi connectivity index (χ3n) is 8.77. The van der Waals surface area contributed by atoms with Crippen molar-refractivity contribution in [3.8, 4) is 0 Å². The summed E-state index contributed by atoms with van der Waals surface area (Å²) < 4.78 is 47.5. The topological polar surface area (TPSA) is 63.2 Å². The van der Waals surface area contributed by atoms with Crippen molar-refractivity contribution in [3.63, 3.8) is 0 Å². The molecular formula is C26H55FO6Si3. The molecule has 0 aromatic carbocycles. The molecule has 1 saturated heterocycles. The molecule has 0 aromatic rings. The van der Waals surface area contributed by atoms with Gasteiger partial charge in [-0.2, -0.15) is 0 Å². The van der Waals surface area contributed by atoms with Crippen LogP contribution in [0.4, 0.5) is 4.39 Å². The first kappa shape index (κ1) is 33.9. The number of alkyl halides is 1. The summed E-state index contributed by atoms with van der Waals surface area (Å²) in [6.45, 7) is 33.3. The average Bonchev–Trinajstić information content (AvgIpc) is 2.62. The van der Waals surface area contributed by atoms with Crippen molar-refractivity contribution < 1.29 is 31.9 Å². The number of ether oxygens (including phenoxy) is 2. The molecule has 0 unspecified atom stereocenters. The minimum atomic E-state index is -2.41. The molecule has 1 rings (SSSR count). The van der Waals surface area contributed by atoms with Crippen LogP contribution in [0.2, 0.25) is 54.4 Å². The standard InChI is InChI=1S/C26H55FO6Si3/c1-18(28)30-20-19(17-29-34(11,12)24(2,3)4)31-23(27)22(33-36(15,16)26(8,9)10)21(20)32-35(13,14)25(5,6)7/h19-23H,17H2,1-16H3/t19-,20-,21+,22-,23-/m1/s1. The third kappa shape index (κ3) is 8.19. The summed E-state index contributed by atoms with van der Waals surface area (Å²) in [4.78, 5) is 12.3. The van der Waals surface area contributed by atoms with Crippen molar-refractivity contribution in [2.45, 2.75) is 154 Å². The molecule has 1 aliphatic rings. The molecule has 0 N–H and O–H groups in total. The first-order valence-electron chi connectivity index (χ1n) is 13.2. The fourth-order valence-corrected chi connectivity index (χ4v) is 6.73.